The van der Waals surface area contributed by atoms with Crippen molar-refractivity contribution in [2.75, 3.05) is 6.61 Å². The average molecular weight is 381 g/mol. The molecule has 0 aromatic heterocycles. The maximum absolute atomic E-state index is 12.5. The molecule has 0 aliphatic carbocycles. The van der Waals surface area contributed by atoms with Crippen LogP contribution in [-0.4, -0.2) is 18.2 Å². The summed E-state index contributed by atoms with van der Waals surface area (Å²) in [5, 5.41) is 4.42. The number of amides is 1. The maximum atomic E-state index is 12.5. The Morgan fingerprint density at radius 1 is 1.00 bits per heavy atom. The molecule has 2 aromatic carbocycles. The molecule has 0 heterocycles. The third-order valence-electron chi connectivity index (χ3n) is 4.50. The van der Waals surface area contributed by atoms with Crippen LogP contribution >= 0.6 is 0 Å². The number of nitrogens with one attached hydrogen (secondary N) is 1. The second-order valence-electron chi connectivity index (χ2n) is 7.38. The van der Waals surface area contributed by atoms with Gasteiger partial charge < -0.3 is 4.74 Å². The lowest BCUT2D eigenvalue weighted by Crippen LogP contribution is -2.20. The van der Waals surface area contributed by atoms with Gasteiger partial charge in [0.25, 0.3) is 5.91 Å². The summed E-state index contributed by atoms with van der Waals surface area (Å²) in [6.07, 6.45) is 5.22. The first-order valence-corrected chi connectivity index (χ1v) is 10.2. The summed E-state index contributed by atoms with van der Waals surface area (Å²) in [5.74, 6) is 1.18. The van der Waals surface area contributed by atoms with Crippen LogP contribution in [0.3, 0.4) is 0 Å². The predicted molar refractivity (Wildman–Crippen MR) is 116 cm³/mol. The molecular weight excluding hydrogens is 348 g/mol. The van der Waals surface area contributed by atoms with Crippen molar-refractivity contribution in [3.05, 3.63) is 65.7 Å². The van der Waals surface area contributed by atoms with Crippen LogP contribution < -0.4 is 10.2 Å². The van der Waals surface area contributed by atoms with Crippen LogP contribution in [0.15, 0.2) is 59.7 Å². The summed E-state index contributed by atoms with van der Waals surface area (Å²) in [5.41, 5.74) is 5.24. The van der Waals surface area contributed by atoms with Crippen molar-refractivity contribution < 1.29 is 9.53 Å². The highest BCUT2D eigenvalue weighted by Gasteiger charge is 2.08. The van der Waals surface area contributed by atoms with Crippen molar-refractivity contribution in [1.82, 2.24) is 5.43 Å². The van der Waals surface area contributed by atoms with Gasteiger partial charge in [-0.3, -0.25) is 4.79 Å². The molecule has 1 N–H and O–H groups in total. The minimum atomic E-state index is -0.211. The Labute approximate surface area is 169 Å². The first-order chi connectivity index (χ1) is 13.6. The lowest BCUT2D eigenvalue weighted by molar-refractivity contribution is 0.0954. The third kappa shape index (κ3) is 7.55. The van der Waals surface area contributed by atoms with Gasteiger partial charge in [-0.1, -0.05) is 63.9 Å². The molecule has 2 rings (SSSR count). The minimum absolute atomic E-state index is 0.211. The van der Waals surface area contributed by atoms with Gasteiger partial charge in [0.15, 0.2) is 0 Å². The van der Waals surface area contributed by atoms with E-state index in [1.807, 2.05) is 42.5 Å². The van der Waals surface area contributed by atoms with E-state index in [0.717, 1.165) is 49.1 Å². The number of ether oxygens (including phenoxy) is 1. The van der Waals surface area contributed by atoms with Crippen LogP contribution in [0.4, 0.5) is 0 Å². The van der Waals surface area contributed by atoms with Crippen LogP contribution in [0.25, 0.3) is 0 Å². The van der Waals surface area contributed by atoms with E-state index in [1.165, 1.54) is 0 Å². The molecule has 4 heteroatoms. The van der Waals surface area contributed by atoms with Gasteiger partial charge in [-0.25, -0.2) is 5.43 Å². The predicted octanol–water partition coefficient (Wildman–Crippen LogP) is 5.83. The largest absolute Gasteiger partial charge is 0.494 e. The molecule has 4 nitrogen and oxygen atoms in total. The summed E-state index contributed by atoms with van der Waals surface area (Å²) in [7, 11) is 0. The van der Waals surface area contributed by atoms with E-state index in [1.54, 1.807) is 12.1 Å². The number of carbonyl (C=O) groups is 1. The number of hydrogen-bond acceptors (Lipinski definition) is 3. The summed E-state index contributed by atoms with van der Waals surface area (Å²) in [6.45, 7) is 7.20. The monoisotopic (exact) mass is 380 g/mol. The summed E-state index contributed by atoms with van der Waals surface area (Å²) < 4.78 is 5.70. The number of hydrazone groups is 1. The third-order valence-corrected chi connectivity index (χ3v) is 4.50. The van der Waals surface area contributed by atoms with Gasteiger partial charge in [0.2, 0.25) is 0 Å². The van der Waals surface area contributed by atoms with Gasteiger partial charge >= 0.3 is 0 Å². The van der Waals surface area contributed by atoms with Gasteiger partial charge in [0.05, 0.1) is 12.3 Å². The zero-order valence-corrected chi connectivity index (χ0v) is 17.3. The molecule has 0 aliphatic rings. The molecule has 0 atom stereocenters. The van der Waals surface area contributed by atoms with Gasteiger partial charge in [-0.15, -0.1) is 0 Å². The fourth-order valence-electron chi connectivity index (χ4n) is 2.74. The molecule has 0 radical (unpaired) electrons. The number of hydrogen-bond donors (Lipinski definition) is 1. The number of benzene rings is 2. The van der Waals surface area contributed by atoms with Crippen LogP contribution in [0, 0.1) is 5.92 Å². The molecule has 28 heavy (non-hydrogen) atoms. The number of unbranched alkanes of at least 4 members (excludes halogenated alkanes) is 2. The smallest absolute Gasteiger partial charge is 0.271 e. The van der Waals surface area contributed by atoms with Crippen LogP contribution in [-0.2, 0) is 0 Å². The molecule has 0 saturated heterocycles. The standard InChI is InChI=1S/C24H32N2O2/c1-4-5-7-12-23(20-10-8-6-9-11-20)25-26-24(27)21-13-15-22(16-14-21)28-18-17-19(2)3/h6,8-11,13-16,19H,4-5,7,12,17-18H2,1-3H3,(H,26,27)/b25-23+. The van der Waals surface area contributed by atoms with E-state index in [4.69, 9.17) is 4.74 Å². The van der Waals surface area contributed by atoms with Crippen molar-refractivity contribution in [3.8, 4) is 5.75 Å². The fraction of sp³-hybridized carbons (Fsp3) is 0.417. The van der Waals surface area contributed by atoms with E-state index in [0.29, 0.717) is 18.1 Å². The van der Waals surface area contributed by atoms with Crippen LogP contribution in [0.2, 0.25) is 0 Å². The number of carbonyl (C=O) groups excluding carboxylic acids is 1. The van der Waals surface area contributed by atoms with Crippen molar-refractivity contribution in [2.24, 2.45) is 11.0 Å². The lowest BCUT2D eigenvalue weighted by Gasteiger charge is -2.09. The van der Waals surface area contributed by atoms with Crippen LogP contribution in [0.1, 0.15) is 68.8 Å². The first kappa shape index (κ1) is 21.7. The highest BCUT2D eigenvalue weighted by Crippen LogP contribution is 2.14. The highest BCUT2D eigenvalue weighted by atomic mass is 16.5. The van der Waals surface area contributed by atoms with E-state index in [2.05, 4.69) is 31.3 Å². The molecule has 0 saturated carbocycles. The Kier molecular flexibility index (Phi) is 9.26. The maximum Gasteiger partial charge on any atom is 0.271 e. The molecule has 2 aromatic rings. The zero-order chi connectivity index (χ0) is 20.2. The quantitative estimate of drug-likeness (QED) is 0.303. The normalized spacial score (nSPS) is 11.5. The van der Waals surface area contributed by atoms with Gasteiger partial charge in [-0.05, 0) is 55.0 Å². The Morgan fingerprint density at radius 3 is 2.36 bits per heavy atom. The Hall–Kier alpha value is -2.62. The molecule has 1 amide bonds. The molecule has 150 valence electrons. The van der Waals surface area contributed by atoms with E-state index in [-0.39, 0.29) is 5.91 Å². The van der Waals surface area contributed by atoms with Crippen molar-refractivity contribution in [1.29, 1.82) is 0 Å². The molecule has 0 aliphatic heterocycles. The SMILES string of the molecule is CCCCC/C(=N\NC(=O)c1ccc(OCCC(C)C)cc1)c1ccccc1. The zero-order valence-electron chi connectivity index (χ0n) is 17.3. The van der Waals surface area contributed by atoms with Gasteiger partial charge in [0, 0.05) is 5.56 Å². The van der Waals surface area contributed by atoms with Gasteiger partial charge in [-0.2, -0.15) is 5.10 Å². The summed E-state index contributed by atoms with van der Waals surface area (Å²) in [4.78, 5) is 12.5. The van der Waals surface area contributed by atoms with Crippen molar-refractivity contribution in [2.45, 2.75) is 52.9 Å². The Morgan fingerprint density at radius 2 is 1.71 bits per heavy atom. The fourth-order valence-corrected chi connectivity index (χ4v) is 2.74. The number of rotatable bonds is 11. The highest BCUT2D eigenvalue weighted by molar-refractivity contribution is 6.02. The Bertz CT molecular complexity index is 737. The second kappa shape index (κ2) is 12.0. The topological polar surface area (TPSA) is 50.7 Å². The second-order valence-corrected chi connectivity index (χ2v) is 7.38. The molecular formula is C24H32N2O2. The first-order valence-electron chi connectivity index (χ1n) is 10.2. The molecule has 0 unspecified atom stereocenters. The summed E-state index contributed by atoms with van der Waals surface area (Å²) >= 11 is 0. The van der Waals surface area contributed by atoms with E-state index < -0.39 is 0 Å². The Balaban J connectivity index is 1.98. The van der Waals surface area contributed by atoms with Gasteiger partial charge in [0.1, 0.15) is 5.75 Å². The number of nitrogens with zero attached hydrogens (tertiary/aromatic N) is 1. The van der Waals surface area contributed by atoms with Crippen molar-refractivity contribution in [3.63, 3.8) is 0 Å². The minimum Gasteiger partial charge on any atom is -0.494 e. The summed E-state index contributed by atoms with van der Waals surface area (Å²) in [6, 6.07) is 17.2. The molecule has 0 fully saturated rings. The average Bonchev–Trinajstić information content (AvgIpc) is 2.71. The lowest BCUT2D eigenvalue weighted by atomic mass is 10.0. The molecule has 0 bridgehead atoms. The molecule has 0 spiro atoms. The van der Waals surface area contributed by atoms with Crippen LogP contribution in [0.5, 0.6) is 5.75 Å². The van der Waals surface area contributed by atoms with Crippen molar-refractivity contribution >= 4 is 11.6 Å². The van der Waals surface area contributed by atoms with E-state index >= 15 is 0 Å². The van der Waals surface area contributed by atoms with E-state index in [9.17, 15) is 4.79 Å².